The average Bonchev–Trinajstić information content (AvgIpc) is 2.56. The van der Waals surface area contributed by atoms with Crippen molar-refractivity contribution in [2.24, 2.45) is 0 Å². The lowest BCUT2D eigenvalue weighted by Gasteiger charge is -2.14. The molecule has 12 heavy (non-hydrogen) atoms. The lowest BCUT2D eigenvalue weighted by molar-refractivity contribution is -0.121. The Morgan fingerprint density at radius 1 is 1.75 bits per heavy atom. The highest BCUT2D eigenvalue weighted by atomic mass is 32.2. The minimum absolute atomic E-state index is 0.235. The lowest BCUT2D eigenvalue weighted by atomic mass is 10.2. The van der Waals surface area contributed by atoms with Gasteiger partial charge in [-0.05, 0) is 31.9 Å². The lowest BCUT2D eigenvalue weighted by Crippen LogP contribution is -2.37. The molecule has 2 unspecified atom stereocenters. The molecular formula is C9H17NOS. The highest BCUT2D eigenvalue weighted by Gasteiger charge is 2.23. The third kappa shape index (κ3) is 2.70. The Morgan fingerprint density at radius 2 is 2.50 bits per heavy atom. The van der Waals surface area contributed by atoms with E-state index in [1.165, 1.54) is 6.42 Å². The van der Waals surface area contributed by atoms with Crippen molar-refractivity contribution in [2.75, 3.05) is 5.75 Å². The quantitative estimate of drug-likeness (QED) is 0.730. The van der Waals surface area contributed by atoms with Crippen LogP contribution < -0.4 is 5.32 Å². The number of hydrogen-bond acceptors (Lipinski definition) is 2. The maximum atomic E-state index is 11.5. The molecule has 1 heterocycles. The number of hydrogen-bond donors (Lipinski definition) is 1. The van der Waals surface area contributed by atoms with Gasteiger partial charge in [-0.2, -0.15) is 0 Å². The maximum absolute atomic E-state index is 11.5. The molecule has 3 heteroatoms. The van der Waals surface area contributed by atoms with E-state index >= 15 is 0 Å². The molecule has 0 radical (unpaired) electrons. The number of nitrogens with one attached hydrogen (secondary N) is 1. The molecule has 1 fully saturated rings. The van der Waals surface area contributed by atoms with E-state index in [1.54, 1.807) is 11.8 Å². The van der Waals surface area contributed by atoms with Crippen LogP contribution in [0, 0.1) is 0 Å². The van der Waals surface area contributed by atoms with Gasteiger partial charge in [0.25, 0.3) is 0 Å². The van der Waals surface area contributed by atoms with Crippen LogP contribution in [0.4, 0.5) is 0 Å². The fourth-order valence-electron chi connectivity index (χ4n) is 1.22. The molecule has 2 atom stereocenters. The van der Waals surface area contributed by atoms with Crippen molar-refractivity contribution >= 4 is 17.7 Å². The molecular weight excluding hydrogens is 170 g/mol. The van der Waals surface area contributed by atoms with Gasteiger partial charge in [-0.15, -0.1) is 11.8 Å². The fourth-order valence-corrected chi connectivity index (χ4v) is 2.39. The first-order valence-corrected chi connectivity index (χ1v) is 5.71. The summed E-state index contributed by atoms with van der Waals surface area (Å²) in [5.74, 6) is 1.39. The summed E-state index contributed by atoms with van der Waals surface area (Å²) >= 11 is 1.79. The average molecular weight is 187 g/mol. The molecule has 0 saturated carbocycles. The summed E-state index contributed by atoms with van der Waals surface area (Å²) in [6.07, 6.45) is 3.28. The van der Waals surface area contributed by atoms with Crippen molar-refractivity contribution < 1.29 is 4.79 Å². The largest absolute Gasteiger partial charge is 0.353 e. The summed E-state index contributed by atoms with van der Waals surface area (Å²) in [5, 5.41) is 3.25. The van der Waals surface area contributed by atoms with Gasteiger partial charge in [0, 0.05) is 6.04 Å². The van der Waals surface area contributed by atoms with E-state index in [0.29, 0.717) is 6.04 Å². The first-order chi connectivity index (χ1) is 5.74. The molecule has 1 rings (SSSR count). The summed E-state index contributed by atoms with van der Waals surface area (Å²) in [6, 6.07) is 0.332. The Morgan fingerprint density at radius 3 is 3.00 bits per heavy atom. The summed E-state index contributed by atoms with van der Waals surface area (Å²) in [6.45, 7) is 4.14. The maximum Gasteiger partial charge on any atom is 0.233 e. The number of carbonyl (C=O) groups is 1. The van der Waals surface area contributed by atoms with Crippen LogP contribution in [-0.2, 0) is 4.79 Å². The normalized spacial score (nSPS) is 25.3. The molecule has 70 valence electrons. The molecule has 1 amide bonds. The summed E-state index contributed by atoms with van der Waals surface area (Å²) in [4.78, 5) is 11.5. The second-order valence-corrected chi connectivity index (χ2v) is 4.63. The van der Waals surface area contributed by atoms with E-state index in [0.717, 1.165) is 18.6 Å². The van der Waals surface area contributed by atoms with E-state index in [9.17, 15) is 4.79 Å². The van der Waals surface area contributed by atoms with Gasteiger partial charge in [0.1, 0.15) is 0 Å². The van der Waals surface area contributed by atoms with Gasteiger partial charge in [0.15, 0.2) is 0 Å². The number of rotatable bonds is 3. The van der Waals surface area contributed by atoms with Gasteiger partial charge >= 0.3 is 0 Å². The van der Waals surface area contributed by atoms with Crippen molar-refractivity contribution in [3.63, 3.8) is 0 Å². The van der Waals surface area contributed by atoms with Gasteiger partial charge < -0.3 is 5.32 Å². The molecule has 1 saturated heterocycles. The van der Waals surface area contributed by atoms with Crippen molar-refractivity contribution in [3.8, 4) is 0 Å². The van der Waals surface area contributed by atoms with Gasteiger partial charge in [-0.3, -0.25) is 4.79 Å². The Hall–Kier alpha value is -0.180. The molecule has 0 aromatic rings. The van der Waals surface area contributed by atoms with Crippen LogP contribution in [-0.4, -0.2) is 23.0 Å². The van der Waals surface area contributed by atoms with Crippen molar-refractivity contribution in [3.05, 3.63) is 0 Å². The Balaban J connectivity index is 2.27. The Kier molecular flexibility index (Phi) is 3.92. The first kappa shape index (κ1) is 9.90. The summed E-state index contributed by atoms with van der Waals surface area (Å²) < 4.78 is 0. The highest BCUT2D eigenvalue weighted by Crippen LogP contribution is 2.26. The van der Waals surface area contributed by atoms with Gasteiger partial charge in [0.2, 0.25) is 5.91 Å². The van der Waals surface area contributed by atoms with Crippen molar-refractivity contribution in [1.29, 1.82) is 0 Å². The zero-order valence-corrected chi connectivity index (χ0v) is 8.62. The number of amides is 1. The van der Waals surface area contributed by atoms with Crippen LogP contribution in [0.5, 0.6) is 0 Å². The zero-order valence-electron chi connectivity index (χ0n) is 7.80. The zero-order chi connectivity index (χ0) is 8.97. The fraction of sp³-hybridized carbons (Fsp3) is 0.889. The predicted molar refractivity (Wildman–Crippen MR) is 53.4 cm³/mol. The van der Waals surface area contributed by atoms with Crippen LogP contribution in [0.2, 0.25) is 0 Å². The minimum Gasteiger partial charge on any atom is -0.353 e. The van der Waals surface area contributed by atoms with E-state index < -0.39 is 0 Å². The third-order valence-electron chi connectivity index (χ3n) is 2.22. The highest BCUT2D eigenvalue weighted by molar-refractivity contribution is 8.00. The second kappa shape index (κ2) is 4.75. The van der Waals surface area contributed by atoms with Crippen LogP contribution in [0.15, 0.2) is 0 Å². The predicted octanol–water partition coefficient (Wildman–Crippen LogP) is 1.80. The van der Waals surface area contributed by atoms with Crippen molar-refractivity contribution in [2.45, 2.75) is 44.4 Å². The molecule has 1 aliphatic rings. The van der Waals surface area contributed by atoms with E-state index in [4.69, 9.17) is 0 Å². The molecule has 1 aliphatic heterocycles. The third-order valence-corrected chi connectivity index (χ3v) is 3.60. The van der Waals surface area contributed by atoms with Gasteiger partial charge in [-0.25, -0.2) is 0 Å². The topological polar surface area (TPSA) is 29.1 Å². The molecule has 0 aromatic heterocycles. The van der Waals surface area contributed by atoms with E-state index in [-0.39, 0.29) is 11.2 Å². The SMILES string of the molecule is CCC(C)NC(=O)C1CCCS1. The van der Waals surface area contributed by atoms with Gasteiger partial charge in [0.05, 0.1) is 5.25 Å². The summed E-state index contributed by atoms with van der Waals surface area (Å²) in [7, 11) is 0. The van der Waals surface area contributed by atoms with E-state index in [1.807, 2.05) is 0 Å². The standard InChI is InChI=1S/C9H17NOS/c1-3-7(2)10-9(11)8-5-4-6-12-8/h7-8H,3-6H2,1-2H3,(H,10,11). The molecule has 1 N–H and O–H groups in total. The molecule has 0 aromatic carbocycles. The van der Waals surface area contributed by atoms with Crippen LogP contribution in [0.1, 0.15) is 33.1 Å². The van der Waals surface area contributed by atoms with Gasteiger partial charge in [-0.1, -0.05) is 6.92 Å². The molecule has 0 spiro atoms. The Bertz CT molecular complexity index is 155. The molecule has 2 nitrogen and oxygen atoms in total. The van der Waals surface area contributed by atoms with E-state index in [2.05, 4.69) is 19.2 Å². The summed E-state index contributed by atoms with van der Waals surface area (Å²) in [5.41, 5.74) is 0. The number of thioether (sulfide) groups is 1. The van der Waals surface area contributed by atoms with Crippen molar-refractivity contribution in [1.82, 2.24) is 5.32 Å². The minimum atomic E-state index is 0.235. The monoisotopic (exact) mass is 187 g/mol. The molecule has 0 aliphatic carbocycles. The molecule has 0 bridgehead atoms. The second-order valence-electron chi connectivity index (χ2n) is 3.32. The number of carbonyl (C=O) groups excluding carboxylic acids is 1. The van der Waals surface area contributed by atoms with Crippen LogP contribution in [0.25, 0.3) is 0 Å². The Labute approximate surface area is 78.5 Å². The van der Waals surface area contributed by atoms with Crippen LogP contribution in [0.3, 0.4) is 0 Å². The first-order valence-electron chi connectivity index (χ1n) is 4.66. The van der Waals surface area contributed by atoms with Crippen LogP contribution >= 0.6 is 11.8 Å². The smallest absolute Gasteiger partial charge is 0.233 e.